The van der Waals surface area contributed by atoms with Crippen LogP contribution < -0.4 is 0 Å². The van der Waals surface area contributed by atoms with Crippen molar-refractivity contribution in [2.45, 2.75) is 25.8 Å². The second-order valence-electron chi connectivity index (χ2n) is 2.72. The van der Waals surface area contributed by atoms with Gasteiger partial charge in [-0.25, -0.2) is 0 Å². The summed E-state index contributed by atoms with van der Waals surface area (Å²) in [6.45, 7) is 1.99. The minimum atomic E-state index is -0.982. The number of rotatable bonds is 2. The van der Waals surface area contributed by atoms with Crippen LogP contribution in [0.25, 0.3) is 0 Å². The van der Waals surface area contributed by atoms with E-state index in [1.807, 2.05) is 0 Å². The van der Waals surface area contributed by atoms with Gasteiger partial charge in [-0.2, -0.15) is 0 Å². The largest absolute Gasteiger partial charge is 0.480 e. The normalized spacial score (nSPS) is 21.6. The van der Waals surface area contributed by atoms with Crippen molar-refractivity contribution >= 4 is 11.9 Å². The Morgan fingerprint density at radius 2 is 2.42 bits per heavy atom. The first-order valence-corrected chi connectivity index (χ1v) is 3.81. The Balaban J connectivity index is 2.51. The maximum absolute atomic E-state index is 10.7. The quantitative estimate of drug-likeness (QED) is 0.637. The molecule has 1 unspecified atom stereocenters. The van der Waals surface area contributed by atoms with E-state index < -0.39 is 12.0 Å². The van der Waals surface area contributed by atoms with Crippen LogP contribution in [-0.2, 0) is 14.4 Å². The van der Waals surface area contributed by atoms with Gasteiger partial charge < -0.3 is 9.94 Å². The van der Waals surface area contributed by atoms with Crippen molar-refractivity contribution in [2.75, 3.05) is 6.54 Å². The number of hydroxylamine groups is 2. The summed E-state index contributed by atoms with van der Waals surface area (Å²) in [6.07, 6.45) is 1.04. The summed E-state index contributed by atoms with van der Waals surface area (Å²) in [5, 5.41) is 9.79. The average Bonchev–Trinajstić information content (AvgIpc) is 2.03. The van der Waals surface area contributed by atoms with Crippen molar-refractivity contribution in [3.63, 3.8) is 0 Å². The van der Waals surface area contributed by atoms with Crippen LogP contribution in [0.5, 0.6) is 0 Å². The molecule has 0 saturated carbocycles. The first kappa shape index (κ1) is 8.99. The fourth-order valence-electron chi connectivity index (χ4n) is 0.997. The number of hydrogen-bond acceptors (Lipinski definition) is 4. The topological polar surface area (TPSA) is 66.8 Å². The molecule has 1 atom stereocenters. The zero-order valence-corrected chi connectivity index (χ0v) is 6.82. The molecule has 1 aliphatic heterocycles. The Labute approximate surface area is 69.9 Å². The Bertz CT molecular complexity index is 202. The zero-order valence-electron chi connectivity index (χ0n) is 6.82. The van der Waals surface area contributed by atoms with E-state index in [0.29, 0.717) is 19.4 Å². The van der Waals surface area contributed by atoms with Crippen LogP contribution >= 0.6 is 0 Å². The first-order valence-electron chi connectivity index (χ1n) is 3.81. The second kappa shape index (κ2) is 3.53. The third-order valence-corrected chi connectivity index (χ3v) is 1.77. The maximum Gasteiger partial charge on any atom is 0.325 e. The van der Waals surface area contributed by atoms with Gasteiger partial charge >= 0.3 is 11.9 Å². The summed E-state index contributed by atoms with van der Waals surface area (Å²) in [6, 6.07) is -0.755. The van der Waals surface area contributed by atoms with Crippen LogP contribution in [0, 0.1) is 0 Å². The van der Waals surface area contributed by atoms with E-state index in [0.717, 1.165) is 0 Å². The van der Waals surface area contributed by atoms with E-state index in [1.165, 1.54) is 12.0 Å². The van der Waals surface area contributed by atoms with E-state index >= 15 is 0 Å². The predicted octanol–water partition coefficient (Wildman–Crippen LogP) is 0.0135. The molecule has 0 aliphatic carbocycles. The van der Waals surface area contributed by atoms with Crippen molar-refractivity contribution in [1.82, 2.24) is 5.06 Å². The molecule has 68 valence electrons. The molecule has 5 heteroatoms. The lowest BCUT2D eigenvalue weighted by Crippen LogP contribution is -2.43. The molecule has 1 fully saturated rings. The Morgan fingerprint density at radius 1 is 1.75 bits per heavy atom. The molecule has 12 heavy (non-hydrogen) atoms. The molecule has 1 rings (SSSR count). The lowest BCUT2D eigenvalue weighted by Gasteiger charge is -2.27. The molecule has 1 N–H and O–H groups in total. The lowest BCUT2D eigenvalue weighted by atomic mass is 10.2. The third kappa shape index (κ3) is 1.94. The lowest BCUT2D eigenvalue weighted by molar-refractivity contribution is -0.214. The smallest absolute Gasteiger partial charge is 0.325 e. The molecule has 0 aromatic carbocycles. The summed E-state index contributed by atoms with van der Waals surface area (Å²) in [4.78, 5) is 25.9. The van der Waals surface area contributed by atoms with Crippen molar-refractivity contribution in [3.8, 4) is 0 Å². The molecule has 0 aromatic rings. The molecule has 1 heterocycles. The van der Waals surface area contributed by atoms with Crippen molar-refractivity contribution in [1.29, 1.82) is 0 Å². The van der Waals surface area contributed by atoms with Crippen molar-refractivity contribution in [3.05, 3.63) is 0 Å². The molecule has 1 aliphatic rings. The van der Waals surface area contributed by atoms with E-state index in [9.17, 15) is 9.59 Å². The fourth-order valence-corrected chi connectivity index (χ4v) is 0.997. The van der Waals surface area contributed by atoms with Gasteiger partial charge in [0.05, 0.1) is 0 Å². The first-order chi connectivity index (χ1) is 5.61. The molecule has 1 saturated heterocycles. The molecule has 0 spiro atoms. The standard InChI is InChI=1S/C7H11NO4/c1-5(7(10)11)8-4-2-3-6(9)12-8/h5H,2-4H2,1H3,(H,10,11). The van der Waals surface area contributed by atoms with E-state index in [1.54, 1.807) is 0 Å². The summed E-state index contributed by atoms with van der Waals surface area (Å²) < 4.78 is 0. The van der Waals surface area contributed by atoms with Gasteiger partial charge in [0.25, 0.3) is 0 Å². The molecule has 0 radical (unpaired) electrons. The van der Waals surface area contributed by atoms with Crippen LogP contribution in [0.1, 0.15) is 19.8 Å². The maximum atomic E-state index is 10.7. The van der Waals surface area contributed by atoms with Gasteiger partial charge in [0.2, 0.25) is 0 Å². The van der Waals surface area contributed by atoms with Gasteiger partial charge in [0.15, 0.2) is 0 Å². The Morgan fingerprint density at radius 3 is 2.92 bits per heavy atom. The molecular weight excluding hydrogens is 162 g/mol. The number of carboxylic acid groups (broad SMARTS) is 1. The fraction of sp³-hybridized carbons (Fsp3) is 0.714. The molecule has 0 amide bonds. The molecule has 5 nitrogen and oxygen atoms in total. The van der Waals surface area contributed by atoms with E-state index in [2.05, 4.69) is 0 Å². The summed E-state index contributed by atoms with van der Waals surface area (Å²) in [5.41, 5.74) is 0. The minimum Gasteiger partial charge on any atom is -0.480 e. The highest BCUT2D eigenvalue weighted by molar-refractivity contribution is 5.74. The summed E-state index contributed by atoms with van der Waals surface area (Å²) in [7, 11) is 0. The monoisotopic (exact) mass is 173 g/mol. The number of carboxylic acids is 1. The van der Waals surface area contributed by atoms with Crippen LogP contribution in [0.15, 0.2) is 0 Å². The SMILES string of the molecule is CC(C(=O)O)N1CCCC(=O)O1. The third-order valence-electron chi connectivity index (χ3n) is 1.77. The molecule has 0 aromatic heterocycles. The van der Waals surface area contributed by atoms with Crippen LogP contribution in [0.2, 0.25) is 0 Å². The summed E-state index contributed by atoms with van der Waals surface area (Å²) >= 11 is 0. The number of carbonyl (C=O) groups is 2. The zero-order chi connectivity index (χ0) is 9.14. The minimum absolute atomic E-state index is 0.352. The number of nitrogens with zero attached hydrogens (tertiary/aromatic N) is 1. The second-order valence-corrected chi connectivity index (χ2v) is 2.72. The highest BCUT2D eigenvalue weighted by Crippen LogP contribution is 2.10. The van der Waals surface area contributed by atoms with Crippen LogP contribution in [-0.4, -0.2) is 34.7 Å². The number of carbonyl (C=O) groups excluding carboxylic acids is 1. The summed E-state index contributed by atoms with van der Waals surface area (Å²) in [5.74, 6) is -1.33. The number of aliphatic carboxylic acids is 1. The van der Waals surface area contributed by atoms with Gasteiger partial charge in [-0.05, 0) is 13.3 Å². The van der Waals surface area contributed by atoms with Crippen molar-refractivity contribution < 1.29 is 19.5 Å². The van der Waals surface area contributed by atoms with Crippen molar-refractivity contribution in [2.24, 2.45) is 0 Å². The average molecular weight is 173 g/mol. The van der Waals surface area contributed by atoms with Crippen LogP contribution in [0.3, 0.4) is 0 Å². The molecular formula is C7H11NO4. The Hall–Kier alpha value is -1.10. The van der Waals surface area contributed by atoms with E-state index in [-0.39, 0.29) is 5.97 Å². The van der Waals surface area contributed by atoms with Gasteiger partial charge in [-0.15, -0.1) is 5.06 Å². The molecule has 0 bridgehead atoms. The van der Waals surface area contributed by atoms with Gasteiger partial charge in [0.1, 0.15) is 6.04 Å². The van der Waals surface area contributed by atoms with Gasteiger partial charge in [-0.1, -0.05) is 0 Å². The Kier molecular flexibility index (Phi) is 2.65. The highest BCUT2D eigenvalue weighted by atomic mass is 16.7. The van der Waals surface area contributed by atoms with Crippen LogP contribution in [0.4, 0.5) is 0 Å². The number of hydrogen-bond donors (Lipinski definition) is 1. The highest BCUT2D eigenvalue weighted by Gasteiger charge is 2.27. The van der Waals surface area contributed by atoms with Gasteiger partial charge in [-0.3, -0.25) is 9.59 Å². The van der Waals surface area contributed by atoms with Gasteiger partial charge in [0, 0.05) is 13.0 Å². The van der Waals surface area contributed by atoms with E-state index in [4.69, 9.17) is 9.94 Å². The predicted molar refractivity (Wildman–Crippen MR) is 39.1 cm³/mol.